The van der Waals surface area contributed by atoms with E-state index < -0.39 is 0 Å². The van der Waals surface area contributed by atoms with E-state index in [-0.39, 0.29) is 11.4 Å². The van der Waals surface area contributed by atoms with Crippen molar-refractivity contribution in [3.05, 3.63) is 82.4 Å². The maximum absolute atomic E-state index is 12.7. The smallest absolute Gasteiger partial charge is 0.271 e. The second-order valence-corrected chi connectivity index (χ2v) is 8.75. The highest BCUT2D eigenvalue weighted by molar-refractivity contribution is 6.33. The van der Waals surface area contributed by atoms with Crippen LogP contribution in [0.2, 0.25) is 5.02 Å². The van der Waals surface area contributed by atoms with E-state index >= 15 is 0 Å². The van der Waals surface area contributed by atoms with Crippen LogP contribution in [0.5, 0.6) is 0 Å². The van der Waals surface area contributed by atoms with Gasteiger partial charge in [0.15, 0.2) is 0 Å². The van der Waals surface area contributed by atoms with Crippen molar-refractivity contribution in [3.63, 3.8) is 0 Å². The number of likely N-dealkylation sites (N-methyl/N-ethyl adjacent to an activating group) is 1. The minimum atomic E-state index is -0.253. The Morgan fingerprint density at radius 3 is 2.68 bits per heavy atom. The van der Waals surface area contributed by atoms with Crippen molar-refractivity contribution in [2.45, 2.75) is 33.2 Å². The fourth-order valence-corrected chi connectivity index (χ4v) is 4.64. The van der Waals surface area contributed by atoms with Crippen molar-refractivity contribution in [1.82, 2.24) is 5.43 Å². The molecule has 0 spiro atoms. The standard InChI is InChI=1S/C26H26ClN3O/c1-5-30-24-14-23(27)19(13-22(24)17(2)15-26(30,3)4)16-28-29-25(31)21-12-8-10-18-9-6-7-11-20(18)21/h6-16H,5H2,1-4H3,(H,29,31)/b28-16-. The van der Waals surface area contributed by atoms with Crippen LogP contribution in [-0.2, 0) is 0 Å². The predicted octanol–water partition coefficient (Wildman–Crippen LogP) is 6.28. The van der Waals surface area contributed by atoms with Crippen LogP contribution in [-0.4, -0.2) is 24.2 Å². The molecule has 0 atom stereocenters. The SMILES string of the molecule is CCN1c2cc(Cl)c(/C=N\NC(=O)c3cccc4ccccc34)cc2C(C)=CC1(C)C. The van der Waals surface area contributed by atoms with E-state index in [4.69, 9.17) is 11.6 Å². The lowest BCUT2D eigenvalue weighted by Gasteiger charge is -2.43. The first-order chi connectivity index (χ1) is 14.8. The number of rotatable bonds is 4. The Bertz CT molecular complexity index is 1220. The number of nitrogens with one attached hydrogen (secondary N) is 1. The van der Waals surface area contributed by atoms with Crippen LogP contribution >= 0.6 is 11.6 Å². The summed E-state index contributed by atoms with van der Waals surface area (Å²) >= 11 is 6.58. The van der Waals surface area contributed by atoms with Gasteiger partial charge in [0.2, 0.25) is 0 Å². The molecule has 0 fully saturated rings. The number of amides is 1. The molecule has 1 aliphatic rings. The summed E-state index contributed by atoms with van der Waals surface area (Å²) in [4.78, 5) is 15.0. The molecule has 1 N–H and O–H groups in total. The first-order valence-electron chi connectivity index (χ1n) is 10.4. The molecular weight excluding hydrogens is 406 g/mol. The summed E-state index contributed by atoms with van der Waals surface area (Å²) in [5.41, 5.74) is 7.38. The average Bonchev–Trinajstić information content (AvgIpc) is 2.73. The number of allylic oxidation sites excluding steroid dienone is 1. The molecule has 0 saturated heterocycles. The number of anilines is 1. The van der Waals surface area contributed by atoms with Crippen molar-refractivity contribution in [3.8, 4) is 0 Å². The van der Waals surface area contributed by atoms with Gasteiger partial charge in [0.1, 0.15) is 0 Å². The zero-order chi connectivity index (χ0) is 22.2. The number of hydrazone groups is 1. The van der Waals surface area contributed by atoms with Crippen molar-refractivity contribution in [2.24, 2.45) is 5.10 Å². The number of hydrogen-bond donors (Lipinski definition) is 1. The summed E-state index contributed by atoms with van der Waals surface area (Å²) in [6.07, 6.45) is 3.88. The van der Waals surface area contributed by atoms with Crippen molar-refractivity contribution >= 4 is 45.8 Å². The Morgan fingerprint density at radius 2 is 1.90 bits per heavy atom. The monoisotopic (exact) mass is 431 g/mol. The number of carbonyl (C=O) groups is 1. The molecule has 0 saturated carbocycles. The first-order valence-corrected chi connectivity index (χ1v) is 10.8. The third kappa shape index (κ3) is 3.96. The average molecular weight is 432 g/mol. The molecule has 0 aliphatic carbocycles. The maximum atomic E-state index is 12.7. The highest BCUT2D eigenvalue weighted by Gasteiger charge is 2.30. The van der Waals surface area contributed by atoms with Gasteiger partial charge in [-0.15, -0.1) is 0 Å². The highest BCUT2D eigenvalue weighted by Crippen LogP contribution is 2.40. The number of halogens is 1. The van der Waals surface area contributed by atoms with Gasteiger partial charge in [0.05, 0.1) is 16.8 Å². The Labute approximate surface area is 188 Å². The van der Waals surface area contributed by atoms with Gasteiger partial charge in [-0.05, 0) is 62.2 Å². The third-order valence-corrected chi connectivity index (χ3v) is 6.14. The van der Waals surface area contributed by atoms with Crippen molar-refractivity contribution < 1.29 is 4.79 Å². The van der Waals surface area contributed by atoms with E-state index in [1.54, 1.807) is 12.3 Å². The molecular formula is C26H26ClN3O. The fraction of sp³-hybridized carbons (Fsp3) is 0.231. The molecule has 158 valence electrons. The Morgan fingerprint density at radius 1 is 1.16 bits per heavy atom. The zero-order valence-electron chi connectivity index (χ0n) is 18.2. The maximum Gasteiger partial charge on any atom is 0.271 e. The lowest BCUT2D eigenvalue weighted by Crippen LogP contribution is -2.44. The quantitative estimate of drug-likeness (QED) is 0.390. The van der Waals surface area contributed by atoms with Crippen LogP contribution in [0.1, 0.15) is 49.2 Å². The summed E-state index contributed by atoms with van der Waals surface area (Å²) in [5, 5.41) is 6.70. The molecule has 0 unspecified atom stereocenters. The number of hydrogen-bond acceptors (Lipinski definition) is 3. The van der Waals surface area contributed by atoms with Gasteiger partial charge in [-0.1, -0.05) is 54.1 Å². The number of benzene rings is 3. The Balaban J connectivity index is 1.60. The Hall–Kier alpha value is -3.11. The summed E-state index contributed by atoms with van der Waals surface area (Å²) in [7, 11) is 0. The molecule has 3 aromatic carbocycles. The van der Waals surface area contributed by atoms with E-state index in [0.29, 0.717) is 10.6 Å². The summed E-state index contributed by atoms with van der Waals surface area (Å²) in [6.45, 7) is 9.55. The highest BCUT2D eigenvalue weighted by atomic mass is 35.5. The van der Waals surface area contributed by atoms with Crippen LogP contribution < -0.4 is 10.3 Å². The number of nitrogens with zero attached hydrogens (tertiary/aromatic N) is 2. The van der Waals surface area contributed by atoms with Crippen LogP contribution in [0, 0.1) is 0 Å². The molecule has 0 radical (unpaired) electrons. The minimum Gasteiger partial charge on any atom is -0.363 e. The van der Waals surface area contributed by atoms with E-state index in [1.807, 2.05) is 48.5 Å². The van der Waals surface area contributed by atoms with Crippen molar-refractivity contribution in [1.29, 1.82) is 0 Å². The van der Waals surface area contributed by atoms with Crippen LogP contribution in [0.25, 0.3) is 16.3 Å². The topological polar surface area (TPSA) is 44.7 Å². The molecule has 3 aromatic rings. The molecule has 31 heavy (non-hydrogen) atoms. The molecule has 1 heterocycles. The van der Waals surface area contributed by atoms with E-state index in [0.717, 1.165) is 34.1 Å². The fourth-order valence-electron chi connectivity index (χ4n) is 4.44. The third-order valence-electron chi connectivity index (χ3n) is 5.82. The van der Waals surface area contributed by atoms with Crippen molar-refractivity contribution in [2.75, 3.05) is 11.4 Å². The van der Waals surface area contributed by atoms with Gasteiger partial charge in [0, 0.05) is 28.9 Å². The first kappa shape index (κ1) is 21.1. The van der Waals surface area contributed by atoms with E-state index in [9.17, 15) is 4.79 Å². The van der Waals surface area contributed by atoms with E-state index in [1.165, 1.54) is 5.57 Å². The van der Waals surface area contributed by atoms with Crippen LogP contribution in [0.15, 0.2) is 65.8 Å². The lowest BCUT2D eigenvalue weighted by atomic mass is 9.88. The second kappa shape index (κ2) is 8.20. The van der Waals surface area contributed by atoms with Crippen LogP contribution in [0.4, 0.5) is 5.69 Å². The number of carbonyl (C=O) groups excluding carboxylic acids is 1. The summed E-state index contributed by atoms with van der Waals surface area (Å²) < 4.78 is 0. The molecule has 1 amide bonds. The minimum absolute atomic E-state index is 0.0722. The lowest BCUT2D eigenvalue weighted by molar-refractivity contribution is 0.0957. The van der Waals surface area contributed by atoms with Crippen LogP contribution in [0.3, 0.4) is 0 Å². The number of fused-ring (bicyclic) bond motifs is 2. The molecule has 5 heteroatoms. The Kier molecular flexibility index (Phi) is 5.59. The molecule has 0 aromatic heterocycles. The summed E-state index contributed by atoms with van der Waals surface area (Å²) in [5.74, 6) is -0.253. The van der Waals surface area contributed by atoms with Gasteiger partial charge in [-0.25, -0.2) is 5.43 Å². The van der Waals surface area contributed by atoms with Gasteiger partial charge >= 0.3 is 0 Å². The molecule has 0 bridgehead atoms. The normalized spacial score (nSPS) is 15.1. The molecule has 4 nitrogen and oxygen atoms in total. The molecule has 4 rings (SSSR count). The van der Waals surface area contributed by atoms with E-state index in [2.05, 4.69) is 49.2 Å². The van der Waals surface area contributed by atoms with Gasteiger partial charge in [-0.2, -0.15) is 5.10 Å². The van der Waals surface area contributed by atoms with Gasteiger partial charge < -0.3 is 4.90 Å². The second-order valence-electron chi connectivity index (χ2n) is 8.34. The zero-order valence-corrected chi connectivity index (χ0v) is 19.0. The molecule has 1 aliphatic heterocycles. The summed E-state index contributed by atoms with van der Waals surface area (Å²) in [6, 6.07) is 17.5. The van der Waals surface area contributed by atoms with Gasteiger partial charge in [0.25, 0.3) is 5.91 Å². The van der Waals surface area contributed by atoms with Gasteiger partial charge in [-0.3, -0.25) is 4.79 Å². The predicted molar refractivity (Wildman–Crippen MR) is 131 cm³/mol. The largest absolute Gasteiger partial charge is 0.363 e.